The maximum absolute atomic E-state index is 13.0. The van der Waals surface area contributed by atoms with Crippen LogP contribution in [0.25, 0.3) is 0 Å². The van der Waals surface area contributed by atoms with Crippen LogP contribution in [-0.2, 0) is 6.42 Å². The first-order chi connectivity index (χ1) is 12.7. The van der Waals surface area contributed by atoms with Crippen molar-refractivity contribution in [2.24, 2.45) is 0 Å². The van der Waals surface area contributed by atoms with E-state index < -0.39 is 0 Å². The molecule has 1 saturated heterocycles. The van der Waals surface area contributed by atoms with E-state index in [2.05, 4.69) is 4.90 Å². The van der Waals surface area contributed by atoms with Crippen LogP contribution in [-0.4, -0.2) is 54.5 Å². The van der Waals surface area contributed by atoms with Gasteiger partial charge in [-0.15, -0.1) is 0 Å². The number of ether oxygens (including phenoxy) is 1. The Kier molecular flexibility index (Phi) is 4.89. The first kappa shape index (κ1) is 17.0. The number of benzene rings is 2. The summed E-state index contributed by atoms with van der Waals surface area (Å²) in [7, 11) is 0. The van der Waals surface area contributed by atoms with Gasteiger partial charge in [0.05, 0.1) is 0 Å². The zero-order valence-electron chi connectivity index (χ0n) is 14.7. The molecule has 1 atom stereocenters. The lowest BCUT2D eigenvalue weighted by Gasteiger charge is -2.30. The highest BCUT2D eigenvalue weighted by atomic mass is 19.1. The predicted molar refractivity (Wildman–Crippen MR) is 97.9 cm³/mol. The fraction of sp³-hybridized carbons (Fsp3) is 0.381. The Balaban J connectivity index is 1.27. The minimum Gasteiger partial charge on any atom is -0.489 e. The second-order valence-electron chi connectivity index (χ2n) is 6.98. The third kappa shape index (κ3) is 3.73. The number of carbonyl (C=O) groups is 1. The summed E-state index contributed by atoms with van der Waals surface area (Å²) < 4.78 is 18.9. The van der Waals surface area contributed by atoms with Crippen molar-refractivity contribution in [3.05, 3.63) is 65.5 Å². The van der Waals surface area contributed by atoms with Gasteiger partial charge >= 0.3 is 0 Å². The van der Waals surface area contributed by atoms with Crippen molar-refractivity contribution in [1.82, 2.24) is 9.80 Å². The minimum atomic E-state index is -0.252. The van der Waals surface area contributed by atoms with Gasteiger partial charge in [0.2, 0.25) is 0 Å². The number of nitrogens with zero attached hydrogens (tertiary/aromatic N) is 2. The molecule has 2 heterocycles. The molecule has 2 aliphatic rings. The summed E-state index contributed by atoms with van der Waals surface area (Å²) in [5, 5.41) is 0. The highest BCUT2D eigenvalue weighted by molar-refractivity contribution is 5.96. The van der Waals surface area contributed by atoms with Crippen LogP contribution in [0.2, 0.25) is 0 Å². The molecule has 0 radical (unpaired) electrons. The van der Waals surface area contributed by atoms with Gasteiger partial charge in [-0.2, -0.15) is 0 Å². The van der Waals surface area contributed by atoms with Crippen molar-refractivity contribution >= 4 is 5.91 Å². The van der Waals surface area contributed by atoms with Crippen LogP contribution in [0.5, 0.6) is 5.75 Å². The molecule has 0 N–H and O–H groups in total. The smallest absolute Gasteiger partial charge is 0.254 e. The maximum Gasteiger partial charge on any atom is 0.254 e. The van der Waals surface area contributed by atoms with Gasteiger partial charge in [-0.25, -0.2) is 4.39 Å². The van der Waals surface area contributed by atoms with E-state index in [0.717, 1.165) is 56.7 Å². The number of hydrogen-bond donors (Lipinski definition) is 0. The predicted octanol–water partition coefficient (Wildman–Crippen LogP) is 2.98. The van der Waals surface area contributed by atoms with E-state index in [1.807, 2.05) is 29.2 Å². The summed E-state index contributed by atoms with van der Waals surface area (Å²) in [4.78, 5) is 16.9. The Morgan fingerprint density at radius 1 is 1.04 bits per heavy atom. The van der Waals surface area contributed by atoms with E-state index in [4.69, 9.17) is 4.74 Å². The van der Waals surface area contributed by atoms with Gasteiger partial charge in [0.1, 0.15) is 17.7 Å². The average molecular weight is 354 g/mol. The van der Waals surface area contributed by atoms with Gasteiger partial charge in [-0.3, -0.25) is 9.69 Å². The lowest BCUT2D eigenvalue weighted by molar-refractivity contribution is 0.0722. The molecule has 0 unspecified atom stereocenters. The van der Waals surface area contributed by atoms with E-state index >= 15 is 0 Å². The number of fused-ring (bicyclic) bond motifs is 1. The monoisotopic (exact) mass is 354 g/mol. The minimum absolute atomic E-state index is 0.123. The highest BCUT2D eigenvalue weighted by Crippen LogP contribution is 2.20. The van der Waals surface area contributed by atoms with Crippen LogP contribution in [0.3, 0.4) is 0 Å². The quantitative estimate of drug-likeness (QED) is 0.828. The molecule has 1 fully saturated rings. The first-order valence-corrected chi connectivity index (χ1v) is 9.21. The second kappa shape index (κ2) is 7.46. The Bertz CT molecular complexity index is 778. The number of rotatable bonds is 5. The van der Waals surface area contributed by atoms with Crippen molar-refractivity contribution < 1.29 is 13.9 Å². The summed E-state index contributed by atoms with van der Waals surface area (Å²) >= 11 is 0. The van der Waals surface area contributed by atoms with Crippen LogP contribution in [0.1, 0.15) is 22.3 Å². The Hall–Kier alpha value is -2.40. The van der Waals surface area contributed by atoms with E-state index in [1.165, 1.54) is 12.1 Å². The highest BCUT2D eigenvalue weighted by Gasteiger charge is 2.27. The average Bonchev–Trinajstić information content (AvgIpc) is 3.11. The Morgan fingerprint density at radius 2 is 1.85 bits per heavy atom. The third-order valence-corrected chi connectivity index (χ3v) is 5.22. The van der Waals surface area contributed by atoms with Gasteiger partial charge in [-0.05, 0) is 48.7 Å². The summed E-state index contributed by atoms with van der Waals surface area (Å²) in [6.07, 6.45) is 2.00. The van der Waals surface area contributed by atoms with E-state index in [1.54, 1.807) is 12.1 Å². The summed E-state index contributed by atoms with van der Waals surface area (Å²) in [6, 6.07) is 14.1. The van der Waals surface area contributed by atoms with Gasteiger partial charge in [0.25, 0.3) is 5.91 Å². The van der Waals surface area contributed by atoms with E-state index in [0.29, 0.717) is 5.75 Å². The molecule has 5 heteroatoms. The van der Waals surface area contributed by atoms with Gasteiger partial charge in [0, 0.05) is 38.3 Å². The number of halogens is 1. The maximum atomic E-state index is 13.0. The van der Waals surface area contributed by atoms with Crippen LogP contribution in [0, 0.1) is 5.82 Å². The Morgan fingerprint density at radius 3 is 2.69 bits per heavy atom. The van der Waals surface area contributed by atoms with Gasteiger partial charge in [0.15, 0.2) is 0 Å². The summed E-state index contributed by atoms with van der Waals surface area (Å²) in [6.45, 7) is 4.20. The molecular weight excluding hydrogens is 331 g/mol. The van der Waals surface area contributed by atoms with Crippen molar-refractivity contribution in [2.75, 3.05) is 32.7 Å². The van der Waals surface area contributed by atoms with E-state index in [-0.39, 0.29) is 17.8 Å². The SMILES string of the molecule is O=C1c2ccccc2CCN1CCN1CC[C@H](Oc2ccc(F)cc2)C1. The van der Waals surface area contributed by atoms with Gasteiger partial charge in [-0.1, -0.05) is 18.2 Å². The third-order valence-electron chi connectivity index (χ3n) is 5.22. The first-order valence-electron chi connectivity index (χ1n) is 9.21. The zero-order chi connectivity index (χ0) is 17.9. The van der Waals surface area contributed by atoms with Crippen LogP contribution >= 0.6 is 0 Å². The van der Waals surface area contributed by atoms with Crippen LogP contribution < -0.4 is 4.74 Å². The fourth-order valence-corrected chi connectivity index (χ4v) is 3.75. The molecule has 136 valence electrons. The van der Waals surface area contributed by atoms with Gasteiger partial charge < -0.3 is 9.64 Å². The van der Waals surface area contributed by atoms with Crippen molar-refractivity contribution in [1.29, 1.82) is 0 Å². The second-order valence-corrected chi connectivity index (χ2v) is 6.98. The molecule has 1 amide bonds. The number of likely N-dealkylation sites (tertiary alicyclic amines) is 1. The summed E-state index contributed by atoms with van der Waals surface area (Å²) in [5.74, 6) is 0.601. The number of hydrogen-bond acceptors (Lipinski definition) is 3. The topological polar surface area (TPSA) is 32.8 Å². The molecule has 0 aromatic heterocycles. The lowest BCUT2D eigenvalue weighted by Crippen LogP contribution is -2.42. The standard InChI is InChI=1S/C21H23FN2O2/c22-17-5-7-18(8-6-17)26-19-10-11-23(15-19)13-14-24-12-9-16-3-1-2-4-20(16)21(24)25/h1-8,19H,9-15H2/t19-/m0/s1. The largest absolute Gasteiger partial charge is 0.489 e. The van der Waals surface area contributed by atoms with Crippen molar-refractivity contribution in [2.45, 2.75) is 18.9 Å². The molecule has 4 rings (SSSR count). The molecule has 2 aromatic rings. The molecule has 2 aromatic carbocycles. The molecule has 26 heavy (non-hydrogen) atoms. The van der Waals surface area contributed by atoms with Crippen molar-refractivity contribution in [3.8, 4) is 5.75 Å². The lowest BCUT2D eigenvalue weighted by atomic mass is 9.99. The molecular formula is C21H23FN2O2. The summed E-state index contributed by atoms with van der Waals surface area (Å²) in [5.41, 5.74) is 2.00. The van der Waals surface area contributed by atoms with Crippen LogP contribution in [0.15, 0.2) is 48.5 Å². The molecule has 0 aliphatic carbocycles. The normalized spacial score (nSPS) is 20.3. The fourth-order valence-electron chi connectivity index (χ4n) is 3.75. The number of carbonyl (C=O) groups excluding carboxylic acids is 1. The molecule has 0 spiro atoms. The van der Waals surface area contributed by atoms with Crippen LogP contribution in [0.4, 0.5) is 4.39 Å². The molecule has 4 nitrogen and oxygen atoms in total. The zero-order valence-corrected chi connectivity index (χ0v) is 14.7. The Labute approximate surface area is 153 Å². The molecule has 2 aliphatic heterocycles. The molecule has 0 saturated carbocycles. The molecule has 0 bridgehead atoms. The van der Waals surface area contributed by atoms with Crippen molar-refractivity contribution in [3.63, 3.8) is 0 Å². The number of amides is 1. The van der Waals surface area contributed by atoms with E-state index in [9.17, 15) is 9.18 Å².